The average Bonchev–Trinajstić information content (AvgIpc) is 3.20. The molecule has 1 fully saturated rings. The number of aromatic nitrogens is 2. The zero-order valence-corrected chi connectivity index (χ0v) is 15.0. The third kappa shape index (κ3) is 2.45. The number of benzene rings is 2. The van der Waals surface area contributed by atoms with Gasteiger partial charge in [0.1, 0.15) is 11.4 Å². The van der Waals surface area contributed by atoms with E-state index in [1.807, 2.05) is 18.2 Å². The number of H-pyrrole nitrogens is 1. The third-order valence-corrected chi connectivity index (χ3v) is 5.83. The molecular formula is C20H17N3O2S. The van der Waals surface area contributed by atoms with Crippen molar-refractivity contribution in [1.29, 1.82) is 0 Å². The van der Waals surface area contributed by atoms with Crippen molar-refractivity contribution in [2.75, 3.05) is 7.11 Å². The monoisotopic (exact) mass is 363 g/mol. The number of amides is 1. The highest BCUT2D eigenvalue weighted by molar-refractivity contribution is 7.22. The lowest BCUT2D eigenvalue weighted by Crippen LogP contribution is -2.25. The molecule has 2 heterocycles. The fourth-order valence-electron chi connectivity index (χ4n) is 3.24. The summed E-state index contributed by atoms with van der Waals surface area (Å²) in [5.41, 5.74) is 2.23. The van der Waals surface area contributed by atoms with E-state index in [0.29, 0.717) is 17.4 Å². The van der Waals surface area contributed by atoms with Gasteiger partial charge in [0.15, 0.2) is 0 Å². The Kier molecular flexibility index (Phi) is 3.46. The molecule has 5 nitrogen and oxygen atoms in total. The number of hydrogen-bond acceptors (Lipinski definition) is 4. The van der Waals surface area contributed by atoms with Crippen LogP contribution in [-0.4, -0.2) is 29.3 Å². The summed E-state index contributed by atoms with van der Waals surface area (Å²) < 4.78 is 6.87. The van der Waals surface area contributed by atoms with Crippen molar-refractivity contribution in [2.24, 2.45) is 0 Å². The third-order valence-electron chi connectivity index (χ3n) is 4.70. The highest BCUT2D eigenvalue weighted by Gasteiger charge is 2.27. The van der Waals surface area contributed by atoms with Gasteiger partial charge in [-0.15, -0.1) is 11.3 Å². The van der Waals surface area contributed by atoms with Crippen LogP contribution in [0.1, 0.15) is 23.2 Å². The maximum atomic E-state index is 12.6. The number of carbonyl (C=O) groups is 1. The molecule has 0 spiro atoms. The van der Waals surface area contributed by atoms with E-state index in [-0.39, 0.29) is 5.91 Å². The molecule has 0 aliphatic heterocycles. The van der Waals surface area contributed by atoms with Crippen molar-refractivity contribution in [1.82, 2.24) is 15.5 Å². The lowest BCUT2D eigenvalue weighted by molar-refractivity contribution is 0.0948. The van der Waals surface area contributed by atoms with Crippen LogP contribution in [0.15, 0.2) is 42.5 Å². The van der Waals surface area contributed by atoms with Crippen LogP contribution in [0.5, 0.6) is 5.75 Å². The molecule has 0 atom stereocenters. The lowest BCUT2D eigenvalue weighted by Gasteiger charge is -2.10. The van der Waals surface area contributed by atoms with Crippen LogP contribution in [0.2, 0.25) is 0 Å². The highest BCUT2D eigenvalue weighted by Crippen LogP contribution is 2.40. The Hall–Kier alpha value is -2.86. The molecule has 6 heteroatoms. The normalized spacial score (nSPS) is 14.0. The molecule has 1 aliphatic rings. The summed E-state index contributed by atoms with van der Waals surface area (Å²) in [5.74, 6) is 0.483. The summed E-state index contributed by atoms with van der Waals surface area (Å²) in [4.78, 5) is 13.7. The fourth-order valence-corrected chi connectivity index (χ4v) is 4.30. The second-order valence-electron chi connectivity index (χ2n) is 6.54. The smallest absolute Gasteiger partial charge is 0.255 e. The van der Waals surface area contributed by atoms with Gasteiger partial charge in [0, 0.05) is 10.7 Å². The van der Waals surface area contributed by atoms with Crippen LogP contribution >= 0.6 is 11.3 Å². The van der Waals surface area contributed by atoms with Gasteiger partial charge in [-0.05, 0) is 42.5 Å². The standard InChI is InChI=1S/C20H17N3O2S/c1-25-19-13(20(24)21-12-6-7-12)8-9-14-17(19)18(23-22-14)16-10-11-4-2-3-5-15(11)26-16/h2-5,8-10,12H,6-7H2,1H3,(H,21,24)(H,22,23). The van der Waals surface area contributed by atoms with Gasteiger partial charge in [-0.3, -0.25) is 9.89 Å². The van der Waals surface area contributed by atoms with Crippen molar-refractivity contribution in [2.45, 2.75) is 18.9 Å². The molecule has 1 aliphatic carbocycles. The van der Waals surface area contributed by atoms with E-state index in [1.165, 1.54) is 10.1 Å². The molecule has 0 saturated heterocycles. The number of fused-ring (bicyclic) bond motifs is 2. The van der Waals surface area contributed by atoms with Crippen molar-refractivity contribution in [3.8, 4) is 16.3 Å². The van der Waals surface area contributed by atoms with Crippen molar-refractivity contribution in [3.05, 3.63) is 48.0 Å². The first-order valence-electron chi connectivity index (χ1n) is 8.59. The Morgan fingerprint density at radius 3 is 2.88 bits per heavy atom. The maximum Gasteiger partial charge on any atom is 0.255 e. The van der Waals surface area contributed by atoms with Crippen LogP contribution < -0.4 is 10.1 Å². The summed E-state index contributed by atoms with van der Waals surface area (Å²) in [6.45, 7) is 0. The molecule has 1 amide bonds. The van der Waals surface area contributed by atoms with E-state index in [2.05, 4.69) is 33.7 Å². The number of aromatic amines is 1. The van der Waals surface area contributed by atoms with E-state index in [1.54, 1.807) is 24.5 Å². The number of nitrogens with one attached hydrogen (secondary N) is 2. The average molecular weight is 363 g/mol. The summed E-state index contributed by atoms with van der Waals surface area (Å²) in [6.07, 6.45) is 2.10. The molecule has 2 N–H and O–H groups in total. The number of carbonyl (C=O) groups excluding carboxylic acids is 1. The van der Waals surface area contributed by atoms with Crippen molar-refractivity contribution in [3.63, 3.8) is 0 Å². The molecule has 2 aromatic carbocycles. The van der Waals surface area contributed by atoms with Crippen molar-refractivity contribution < 1.29 is 9.53 Å². The zero-order valence-electron chi connectivity index (χ0n) is 14.2. The second-order valence-corrected chi connectivity index (χ2v) is 7.62. The number of methoxy groups -OCH3 is 1. The van der Waals surface area contributed by atoms with Crippen LogP contribution in [0, 0.1) is 0 Å². The first kappa shape index (κ1) is 15.4. The van der Waals surface area contributed by atoms with Gasteiger partial charge < -0.3 is 10.1 Å². The highest BCUT2D eigenvalue weighted by atomic mass is 32.1. The topological polar surface area (TPSA) is 67.0 Å². The molecule has 0 unspecified atom stereocenters. The van der Waals surface area contributed by atoms with Crippen LogP contribution in [0.4, 0.5) is 0 Å². The summed E-state index contributed by atoms with van der Waals surface area (Å²) in [7, 11) is 1.60. The first-order valence-corrected chi connectivity index (χ1v) is 9.41. The van der Waals surface area contributed by atoms with Gasteiger partial charge >= 0.3 is 0 Å². The summed E-state index contributed by atoms with van der Waals surface area (Å²) in [5, 5.41) is 12.7. The molecule has 0 bridgehead atoms. The predicted molar refractivity (Wildman–Crippen MR) is 104 cm³/mol. The number of thiophene rings is 1. The predicted octanol–water partition coefficient (Wildman–Crippen LogP) is 4.35. The maximum absolute atomic E-state index is 12.6. The van der Waals surface area contributed by atoms with Gasteiger partial charge in [0.2, 0.25) is 0 Å². The Balaban J connectivity index is 1.69. The van der Waals surface area contributed by atoms with E-state index in [4.69, 9.17) is 4.74 Å². The molecular weight excluding hydrogens is 346 g/mol. The molecule has 0 radical (unpaired) electrons. The van der Waals surface area contributed by atoms with Gasteiger partial charge in [-0.25, -0.2) is 0 Å². The minimum atomic E-state index is -0.0882. The largest absolute Gasteiger partial charge is 0.495 e. The number of nitrogens with zero attached hydrogens (tertiary/aromatic N) is 1. The van der Waals surface area contributed by atoms with E-state index in [0.717, 1.165) is 34.3 Å². The Morgan fingerprint density at radius 2 is 2.12 bits per heavy atom. The Morgan fingerprint density at radius 1 is 1.27 bits per heavy atom. The lowest BCUT2D eigenvalue weighted by atomic mass is 10.1. The van der Waals surface area contributed by atoms with Crippen LogP contribution in [-0.2, 0) is 0 Å². The molecule has 1 saturated carbocycles. The number of ether oxygens (including phenoxy) is 1. The Bertz CT molecular complexity index is 1110. The van der Waals surface area contributed by atoms with Crippen LogP contribution in [0.25, 0.3) is 31.6 Å². The number of rotatable bonds is 4. The quantitative estimate of drug-likeness (QED) is 0.567. The Labute approximate surface area is 154 Å². The van der Waals surface area contributed by atoms with Crippen molar-refractivity contribution >= 4 is 38.2 Å². The molecule has 26 heavy (non-hydrogen) atoms. The summed E-state index contributed by atoms with van der Waals surface area (Å²) in [6, 6.07) is 14.4. The minimum absolute atomic E-state index is 0.0882. The summed E-state index contributed by atoms with van der Waals surface area (Å²) >= 11 is 1.69. The zero-order chi connectivity index (χ0) is 17.7. The van der Waals surface area contributed by atoms with E-state index >= 15 is 0 Å². The van der Waals surface area contributed by atoms with E-state index in [9.17, 15) is 4.79 Å². The van der Waals surface area contributed by atoms with Gasteiger partial charge in [-0.1, -0.05) is 18.2 Å². The molecule has 2 aromatic heterocycles. The SMILES string of the molecule is COc1c(C(=O)NC2CC2)ccc2[nH]nc(-c3cc4ccccc4s3)c12. The van der Waals surface area contributed by atoms with Gasteiger partial charge in [0.05, 0.1) is 28.5 Å². The van der Waals surface area contributed by atoms with Crippen LogP contribution in [0.3, 0.4) is 0 Å². The molecule has 130 valence electrons. The minimum Gasteiger partial charge on any atom is -0.495 e. The first-order chi connectivity index (χ1) is 12.7. The number of hydrogen-bond donors (Lipinski definition) is 2. The van der Waals surface area contributed by atoms with Gasteiger partial charge in [0.25, 0.3) is 5.91 Å². The molecule has 4 aromatic rings. The van der Waals surface area contributed by atoms with E-state index < -0.39 is 0 Å². The molecule has 5 rings (SSSR count). The van der Waals surface area contributed by atoms with Gasteiger partial charge in [-0.2, -0.15) is 5.10 Å². The second kappa shape index (κ2) is 5.85. The fraction of sp³-hybridized carbons (Fsp3) is 0.200.